The number of likely N-dealkylation sites (tertiary alicyclic amines) is 1. The lowest BCUT2D eigenvalue weighted by atomic mass is 9.83. The minimum atomic E-state index is -2.44. The first-order chi connectivity index (χ1) is 9.43. The third-order valence-electron chi connectivity index (χ3n) is 4.75. The van der Waals surface area contributed by atoms with E-state index in [1.807, 2.05) is 4.90 Å². The summed E-state index contributed by atoms with van der Waals surface area (Å²) in [5, 5.41) is 0. The molecule has 1 heterocycles. The van der Waals surface area contributed by atoms with Crippen LogP contribution in [-0.2, 0) is 0 Å². The highest BCUT2D eigenvalue weighted by atomic mass is 19.3. The van der Waals surface area contributed by atoms with Crippen LogP contribution >= 0.6 is 0 Å². The maximum atomic E-state index is 13.2. The predicted molar refractivity (Wildman–Crippen MR) is 82.4 cm³/mol. The van der Waals surface area contributed by atoms with E-state index >= 15 is 0 Å². The van der Waals surface area contributed by atoms with E-state index < -0.39 is 5.92 Å². The summed E-state index contributed by atoms with van der Waals surface area (Å²) in [5.74, 6) is -2.44. The number of halogens is 2. The summed E-state index contributed by atoms with van der Waals surface area (Å²) in [6.07, 6.45) is 12.0. The van der Waals surface area contributed by atoms with Gasteiger partial charge in [-0.3, -0.25) is 4.90 Å². The molecule has 1 aliphatic rings. The molecule has 0 radical (unpaired) electrons. The molecule has 0 unspecified atom stereocenters. The van der Waals surface area contributed by atoms with Crippen LogP contribution in [0, 0.1) is 0 Å². The fourth-order valence-electron chi connectivity index (χ4n) is 3.20. The molecule has 120 valence electrons. The molecular weight excluding hydrogens is 256 g/mol. The Balaban J connectivity index is 2.40. The first kappa shape index (κ1) is 17.9. The summed E-state index contributed by atoms with van der Waals surface area (Å²) in [6, 6.07) is 0. The van der Waals surface area contributed by atoms with Gasteiger partial charge < -0.3 is 0 Å². The maximum absolute atomic E-state index is 13.2. The summed E-state index contributed by atoms with van der Waals surface area (Å²) in [7, 11) is 0. The second-order valence-corrected chi connectivity index (χ2v) is 6.83. The molecule has 1 aliphatic heterocycles. The molecule has 0 N–H and O–H groups in total. The van der Waals surface area contributed by atoms with Gasteiger partial charge in [-0.25, -0.2) is 8.78 Å². The number of alkyl halides is 2. The molecule has 0 aromatic carbocycles. The quantitative estimate of drug-likeness (QED) is 0.445. The van der Waals surface area contributed by atoms with E-state index in [2.05, 4.69) is 20.8 Å². The number of hydrogen-bond donors (Lipinski definition) is 0. The van der Waals surface area contributed by atoms with Gasteiger partial charge in [-0.2, -0.15) is 0 Å². The Hall–Kier alpha value is -0.180. The Labute approximate surface area is 124 Å². The lowest BCUT2D eigenvalue weighted by Gasteiger charge is -2.51. The fourth-order valence-corrected chi connectivity index (χ4v) is 3.20. The first-order valence-corrected chi connectivity index (χ1v) is 8.56. The Morgan fingerprint density at radius 2 is 1.30 bits per heavy atom. The zero-order valence-electron chi connectivity index (χ0n) is 13.7. The van der Waals surface area contributed by atoms with Crippen LogP contribution in [0.5, 0.6) is 0 Å². The lowest BCUT2D eigenvalue weighted by Crippen LogP contribution is -2.64. The van der Waals surface area contributed by atoms with Crippen LogP contribution in [0.4, 0.5) is 8.78 Å². The van der Waals surface area contributed by atoms with Crippen LogP contribution in [0.15, 0.2) is 0 Å². The van der Waals surface area contributed by atoms with Gasteiger partial charge in [0.1, 0.15) is 0 Å². The number of unbranched alkanes of at least 4 members (excludes halogenated alkanes) is 6. The summed E-state index contributed by atoms with van der Waals surface area (Å²) in [4.78, 5) is 2.03. The minimum absolute atomic E-state index is 0.00314. The second-order valence-electron chi connectivity index (χ2n) is 6.83. The topological polar surface area (TPSA) is 3.24 Å². The Morgan fingerprint density at radius 3 is 1.65 bits per heavy atom. The Kier molecular flexibility index (Phi) is 7.42. The third kappa shape index (κ3) is 5.67. The van der Waals surface area contributed by atoms with E-state index in [0.29, 0.717) is 0 Å². The molecule has 0 saturated carbocycles. The molecule has 0 aromatic heterocycles. The highest BCUT2D eigenvalue weighted by Gasteiger charge is 2.50. The molecule has 1 rings (SSSR count). The summed E-state index contributed by atoms with van der Waals surface area (Å²) in [6.45, 7) is 6.58. The molecule has 0 aromatic rings. The highest BCUT2D eigenvalue weighted by molar-refractivity contribution is 4.98. The predicted octanol–water partition coefficient (Wildman–Crippen LogP) is 5.64. The molecule has 3 heteroatoms. The van der Waals surface area contributed by atoms with Gasteiger partial charge in [0.05, 0.1) is 13.1 Å². The zero-order valence-corrected chi connectivity index (χ0v) is 13.7. The lowest BCUT2D eigenvalue weighted by molar-refractivity contribution is -0.170. The first-order valence-electron chi connectivity index (χ1n) is 8.56. The van der Waals surface area contributed by atoms with Crippen LogP contribution in [0.25, 0.3) is 0 Å². The van der Waals surface area contributed by atoms with Crippen molar-refractivity contribution in [3.05, 3.63) is 0 Å². The van der Waals surface area contributed by atoms with Crippen LogP contribution < -0.4 is 0 Å². The largest absolute Gasteiger partial charge is 0.286 e. The van der Waals surface area contributed by atoms with Crippen molar-refractivity contribution >= 4 is 0 Å². The van der Waals surface area contributed by atoms with Gasteiger partial charge in [-0.15, -0.1) is 0 Å². The van der Waals surface area contributed by atoms with Gasteiger partial charge in [0, 0.05) is 5.54 Å². The van der Waals surface area contributed by atoms with Crippen molar-refractivity contribution in [1.82, 2.24) is 4.90 Å². The molecule has 0 amide bonds. The second kappa shape index (κ2) is 8.31. The molecule has 1 fully saturated rings. The van der Waals surface area contributed by atoms with Crippen molar-refractivity contribution in [2.75, 3.05) is 13.1 Å². The van der Waals surface area contributed by atoms with E-state index in [1.54, 1.807) is 0 Å². The number of hydrogen-bond acceptors (Lipinski definition) is 1. The zero-order chi connectivity index (χ0) is 15.1. The molecule has 20 heavy (non-hydrogen) atoms. The Morgan fingerprint density at radius 1 is 0.850 bits per heavy atom. The molecule has 1 nitrogen and oxygen atoms in total. The monoisotopic (exact) mass is 289 g/mol. The number of rotatable bonds is 11. The van der Waals surface area contributed by atoms with Crippen molar-refractivity contribution in [2.45, 2.75) is 96.4 Å². The van der Waals surface area contributed by atoms with Gasteiger partial charge in [0.25, 0.3) is 5.92 Å². The van der Waals surface area contributed by atoms with Crippen molar-refractivity contribution in [3.63, 3.8) is 0 Å². The number of nitrogens with zero attached hydrogens (tertiary/aromatic N) is 1. The summed E-state index contributed by atoms with van der Waals surface area (Å²) in [5.41, 5.74) is 0.00314. The van der Waals surface area contributed by atoms with E-state index in [-0.39, 0.29) is 18.6 Å². The van der Waals surface area contributed by atoms with E-state index in [0.717, 1.165) is 12.8 Å². The van der Waals surface area contributed by atoms with Crippen LogP contribution in [0.2, 0.25) is 0 Å². The van der Waals surface area contributed by atoms with Crippen LogP contribution in [-0.4, -0.2) is 29.5 Å². The van der Waals surface area contributed by atoms with Gasteiger partial charge in [0.15, 0.2) is 0 Å². The normalized spacial score (nSPS) is 19.1. The van der Waals surface area contributed by atoms with Crippen LogP contribution in [0.1, 0.15) is 85.0 Å². The Bertz CT molecular complexity index is 246. The van der Waals surface area contributed by atoms with Crippen molar-refractivity contribution in [2.24, 2.45) is 0 Å². The van der Waals surface area contributed by atoms with Gasteiger partial charge in [-0.05, 0) is 19.8 Å². The van der Waals surface area contributed by atoms with Crippen molar-refractivity contribution in [1.29, 1.82) is 0 Å². The smallest absolute Gasteiger partial charge is 0.272 e. The standard InChI is InChI=1S/C17H33F2N/c1-4-6-8-10-12-16(3,13-11-9-7-5-2)20-14-17(18,19)15-20/h4-15H2,1-3H3. The van der Waals surface area contributed by atoms with Gasteiger partial charge in [0.2, 0.25) is 0 Å². The maximum Gasteiger partial charge on any atom is 0.272 e. The molecular formula is C17H33F2N. The van der Waals surface area contributed by atoms with E-state index in [1.165, 1.54) is 51.4 Å². The fraction of sp³-hybridized carbons (Fsp3) is 1.00. The van der Waals surface area contributed by atoms with Gasteiger partial charge in [-0.1, -0.05) is 65.2 Å². The summed E-state index contributed by atoms with van der Waals surface area (Å²) >= 11 is 0. The molecule has 1 saturated heterocycles. The highest BCUT2D eigenvalue weighted by Crippen LogP contribution is 2.38. The molecule has 0 aliphatic carbocycles. The minimum Gasteiger partial charge on any atom is -0.286 e. The summed E-state index contributed by atoms with van der Waals surface area (Å²) < 4.78 is 26.3. The van der Waals surface area contributed by atoms with E-state index in [4.69, 9.17) is 0 Å². The molecule has 0 bridgehead atoms. The average Bonchev–Trinajstić information content (AvgIpc) is 2.37. The van der Waals surface area contributed by atoms with Crippen LogP contribution in [0.3, 0.4) is 0 Å². The van der Waals surface area contributed by atoms with Gasteiger partial charge >= 0.3 is 0 Å². The molecule has 0 spiro atoms. The third-order valence-corrected chi connectivity index (χ3v) is 4.75. The van der Waals surface area contributed by atoms with E-state index in [9.17, 15) is 8.78 Å². The van der Waals surface area contributed by atoms with Crippen molar-refractivity contribution < 1.29 is 8.78 Å². The van der Waals surface area contributed by atoms with Crippen molar-refractivity contribution in [3.8, 4) is 0 Å². The molecule has 0 atom stereocenters. The SMILES string of the molecule is CCCCCCC(C)(CCCCCC)N1CC(F)(F)C1. The average molecular weight is 289 g/mol.